The molecule has 0 atom stereocenters. The van der Waals surface area contributed by atoms with E-state index in [0.29, 0.717) is 74.7 Å². The quantitative estimate of drug-likeness (QED) is 0.0296. The van der Waals surface area contributed by atoms with E-state index in [0.717, 1.165) is 4.90 Å². The van der Waals surface area contributed by atoms with E-state index in [1.807, 2.05) is 45.2 Å². The lowest BCUT2D eigenvalue weighted by atomic mass is 10.2. The molecule has 17 nitrogen and oxygen atoms in total. The van der Waals surface area contributed by atoms with Gasteiger partial charge in [0.1, 0.15) is 13.1 Å². The van der Waals surface area contributed by atoms with Gasteiger partial charge in [0, 0.05) is 52.7 Å². The highest BCUT2D eigenvalue weighted by atomic mass is 127. The molecule has 19 heteroatoms. The lowest BCUT2D eigenvalue weighted by molar-refractivity contribution is -0.140. The molecule has 0 saturated carbocycles. The number of methoxy groups -OCH3 is 1. The van der Waals surface area contributed by atoms with Gasteiger partial charge in [-0.25, -0.2) is 0 Å². The van der Waals surface area contributed by atoms with Crippen molar-refractivity contribution in [3.8, 4) is 0 Å². The van der Waals surface area contributed by atoms with Crippen LogP contribution in [0.1, 0.15) is 12.8 Å². The molecule has 0 rings (SSSR count). The lowest BCUT2D eigenvalue weighted by Crippen LogP contribution is -2.46. The monoisotopic (exact) mass is 886 g/mol. The van der Waals surface area contributed by atoms with Crippen molar-refractivity contribution in [2.75, 3.05) is 121 Å². The van der Waals surface area contributed by atoms with Crippen molar-refractivity contribution in [3.05, 3.63) is 0 Å². The Labute approximate surface area is 297 Å². The molecule has 0 aliphatic heterocycles. The van der Waals surface area contributed by atoms with Crippen molar-refractivity contribution in [2.24, 2.45) is 0 Å². The van der Waals surface area contributed by atoms with E-state index in [1.54, 1.807) is 0 Å². The average Bonchev–Trinajstić information content (AvgIpc) is 3.04. The zero-order valence-electron chi connectivity index (χ0n) is 26.3. The number of ether oxygens (including phenoxy) is 5. The number of halogens is 2. The van der Waals surface area contributed by atoms with Crippen LogP contribution in [0.3, 0.4) is 0 Å². The van der Waals surface area contributed by atoms with Crippen LogP contribution in [0.15, 0.2) is 0 Å². The third-order valence-electron chi connectivity index (χ3n) is 5.48. The van der Waals surface area contributed by atoms with Gasteiger partial charge in [0.25, 0.3) is 0 Å². The van der Waals surface area contributed by atoms with Crippen LogP contribution in [0.5, 0.6) is 0 Å². The summed E-state index contributed by atoms with van der Waals surface area (Å²) in [5, 5.41) is 13.3. The maximum atomic E-state index is 12.8. The van der Waals surface area contributed by atoms with E-state index in [2.05, 4.69) is 26.6 Å². The third-order valence-corrected chi connectivity index (χ3v) is 6.86. The smallest absolute Gasteiger partial charge is 0.239 e. The first kappa shape index (κ1) is 44.1. The SMILES string of the molecule is COCCNC(=O)CCC(=O)N(CC(=O)NCCOCCOCCNC(=O)CI)CC(=O)NCCOCCOCCNC(=O)CI. The molecule has 0 fully saturated rings. The second-order valence-electron chi connectivity index (χ2n) is 9.21. The summed E-state index contributed by atoms with van der Waals surface area (Å²) in [6, 6.07) is 0. The van der Waals surface area contributed by atoms with Crippen LogP contribution in [0, 0.1) is 0 Å². The minimum atomic E-state index is -0.529. The fraction of sp³-hybridized carbons (Fsp3) is 0.778. The Hall–Kier alpha value is -1.92. The zero-order chi connectivity index (χ0) is 34.3. The van der Waals surface area contributed by atoms with Crippen LogP contribution in [0.25, 0.3) is 0 Å². The number of amides is 6. The highest BCUT2D eigenvalue weighted by Crippen LogP contribution is 1.99. The first-order valence-electron chi connectivity index (χ1n) is 14.8. The van der Waals surface area contributed by atoms with Crippen molar-refractivity contribution < 1.29 is 52.5 Å². The molecule has 0 bridgehead atoms. The van der Waals surface area contributed by atoms with Gasteiger partial charge in [-0.2, -0.15) is 0 Å². The Morgan fingerprint density at radius 2 is 0.826 bits per heavy atom. The third kappa shape index (κ3) is 28.3. The van der Waals surface area contributed by atoms with Crippen LogP contribution >= 0.6 is 45.2 Å². The standard InChI is InChI=1S/C27H48I2N6O11/c1-42-9-4-30-22(36)2-3-27(41)35(20-25(39)33-7-12-45-16-14-43-10-5-31-23(37)18-28)21-26(40)34-8-13-46-17-15-44-11-6-32-24(38)19-29/h2-21H2,1H3,(H,30,36)(H,31,37)(H,32,38)(H,33,39)(H,34,40). The van der Waals surface area contributed by atoms with Gasteiger partial charge < -0.3 is 55.2 Å². The van der Waals surface area contributed by atoms with Crippen molar-refractivity contribution in [1.82, 2.24) is 31.5 Å². The average molecular weight is 887 g/mol. The maximum Gasteiger partial charge on any atom is 0.239 e. The molecule has 5 N–H and O–H groups in total. The number of carbonyl (C=O) groups is 6. The Morgan fingerprint density at radius 1 is 0.478 bits per heavy atom. The maximum absolute atomic E-state index is 12.8. The Morgan fingerprint density at radius 3 is 1.20 bits per heavy atom. The number of alkyl halides is 2. The second-order valence-corrected chi connectivity index (χ2v) is 10.7. The summed E-state index contributed by atoms with van der Waals surface area (Å²) < 4.78 is 27.1. The molecular formula is C27H48I2N6O11. The van der Waals surface area contributed by atoms with Crippen LogP contribution in [0.2, 0.25) is 0 Å². The van der Waals surface area contributed by atoms with Crippen LogP contribution in [-0.2, 0) is 52.5 Å². The summed E-state index contributed by atoms with van der Waals surface area (Å²) in [4.78, 5) is 73.3. The largest absolute Gasteiger partial charge is 0.383 e. The van der Waals surface area contributed by atoms with Gasteiger partial charge in [-0.05, 0) is 0 Å². The first-order chi connectivity index (χ1) is 22.2. The van der Waals surface area contributed by atoms with E-state index in [1.165, 1.54) is 7.11 Å². The van der Waals surface area contributed by atoms with Crippen molar-refractivity contribution in [2.45, 2.75) is 12.8 Å². The van der Waals surface area contributed by atoms with E-state index in [-0.39, 0.29) is 70.0 Å². The lowest BCUT2D eigenvalue weighted by Gasteiger charge is -2.22. The van der Waals surface area contributed by atoms with Crippen LogP contribution in [-0.4, -0.2) is 162 Å². The molecule has 6 amide bonds. The molecule has 0 unspecified atom stereocenters. The molecule has 0 aliphatic rings. The summed E-state index contributed by atoms with van der Waals surface area (Å²) >= 11 is 3.94. The fourth-order valence-electron chi connectivity index (χ4n) is 3.24. The van der Waals surface area contributed by atoms with Crippen molar-refractivity contribution in [3.63, 3.8) is 0 Å². The minimum absolute atomic E-state index is 0.0592. The summed E-state index contributed by atoms with van der Waals surface area (Å²) in [6.45, 7) is 3.41. The van der Waals surface area contributed by atoms with Gasteiger partial charge in [0.2, 0.25) is 35.4 Å². The normalized spacial score (nSPS) is 10.6. The molecule has 46 heavy (non-hydrogen) atoms. The molecule has 266 valence electrons. The molecular weight excluding hydrogens is 838 g/mol. The summed E-state index contributed by atoms with van der Waals surface area (Å²) in [7, 11) is 1.50. The highest BCUT2D eigenvalue weighted by Gasteiger charge is 2.21. The van der Waals surface area contributed by atoms with Gasteiger partial charge in [-0.15, -0.1) is 0 Å². The summed E-state index contributed by atoms with van der Waals surface area (Å²) in [5.74, 6) is -1.98. The van der Waals surface area contributed by atoms with Crippen molar-refractivity contribution in [1.29, 1.82) is 0 Å². The van der Waals surface area contributed by atoms with Gasteiger partial charge in [0.15, 0.2) is 0 Å². The molecule has 0 radical (unpaired) electrons. The van der Waals surface area contributed by atoms with E-state index >= 15 is 0 Å². The molecule has 0 saturated heterocycles. The number of carbonyl (C=O) groups excluding carboxylic acids is 6. The first-order valence-corrected chi connectivity index (χ1v) is 17.8. The van der Waals surface area contributed by atoms with Gasteiger partial charge in [0.05, 0.1) is 68.3 Å². The van der Waals surface area contributed by atoms with Crippen LogP contribution in [0.4, 0.5) is 0 Å². The Balaban J connectivity index is 4.44. The van der Waals surface area contributed by atoms with Crippen LogP contribution < -0.4 is 26.6 Å². The van der Waals surface area contributed by atoms with Gasteiger partial charge in [-0.3, -0.25) is 28.8 Å². The van der Waals surface area contributed by atoms with E-state index in [4.69, 9.17) is 23.7 Å². The topological polar surface area (TPSA) is 212 Å². The van der Waals surface area contributed by atoms with Gasteiger partial charge >= 0.3 is 0 Å². The van der Waals surface area contributed by atoms with E-state index < -0.39 is 17.7 Å². The number of nitrogens with zero attached hydrogens (tertiary/aromatic N) is 1. The van der Waals surface area contributed by atoms with Crippen molar-refractivity contribution >= 4 is 80.6 Å². The molecule has 0 aliphatic carbocycles. The molecule has 0 aromatic heterocycles. The molecule has 0 spiro atoms. The van der Waals surface area contributed by atoms with Gasteiger partial charge in [-0.1, -0.05) is 45.2 Å². The zero-order valence-corrected chi connectivity index (χ0v) is 30.7. The predicted molar refractivity (Wildman–Crippen MR) is 184 cm³/mol. The number of hydrogen-bond acceptors (Lipinski definition) is 11. The highest BCUT2D eigenvalue weighted by molar-refractivity contribution is 14.1. The number of nitrogens with one attached hydrogen (secondary N) is 5. The molecule has 0 aromatic rings. The fourth-order valence-corrected chi connectivity index (χ4v) is 3.78. The molecule has 0 heterocycles. The Bertz CT molecular complexity index is 839. The summed E-state index contributed by atoms with van der Waals surface area (Å²) in [6.07, 6.45) is -0.293. The predicted octanol–water partition coefficient (Wildman–Crippen LogP) is -2.24. The number of rotatable bonds is 30. The van der Waals surface area contributed by atoms with E-state index in [9.17, 15) is 28.8 Å². The Kier molecular flexibility index (Phi) is 30.3. The second kappa shape index (κ2) is 31.7. The summed E-state index contributed by atoms with van der Waals surface area (Å²) in [5.41, 5.74) is 0. The minimum Gasteiger partial charge on any atom is -0.383 e. The number of hydrogen-bond donors (Lipinski definition) is 5. The molecule has 0 aromatic carbocycles.